The summed E-state index contributed by atoms with van der Waals surface area (Å²) in [4.78, 5) is 47.2. The quantitative estimate of drug-likeness (QED) is 0.549. The number of halogens is 2. The number of aromatic nitrogens is 1. The highest BCUT2D eigenvalue weighted by Crippen LogP contribution is 2.35. The van der Waals surface area contributed by atoms with Crippen molar-refractivity contribution in [3.63, 3.8) is 0 Å². The first-order valence-corrected chi connectivity index (χ1v) is 13.9. The number of pyridine rings is 1. The molecule has 1 aromatic carbocycles. The molecule has 0 bridgehead atoms. The van der Waals surface area contributed by atoms with Crippen LogP contribution in [0.2, 0.25) is 0 Å². The van der Waals surface area contributed by atoms with Crippen molar-refractivity contribution in [2.75, 3.05) is 31.1 Å². The van der Waals surface area contributed by atoms with Crippen LogP contribution >= 0.6 is 0 Å². The van der Waals surface area contributed by atoms with E-state index in [1.807, 2.05) is 29.2 Å². The fraction of sp³-hybridized carbons (Fsp3) is 0.517. The molecule has 4 aliphatic rings. The Morgan fingerprint density at radius 1 is 0.950 bits per heavy atom. The van der Waals surface area contributed by atoms with E-state index in [9.17, 15) is 28.3 Å². The van der Waals surface area contributed by atoms with Crippen LogP contribution in [0.15, 0.2) is 36.4 Å². The van der Waals surface area contributed by atoms with Crippen LogP contribution in [-0.4, -0.2) is 75.8 Å². The first-order valence-electron chi connectivity index (χ1n) is 13.9. The summed E-state index contributed by atoms with van der Waals surface area (Å²) in [5.74, 6) is -3.64. The van der Waals surface area contributed by atoms with Crippen LogP contribution in [-0.2, 0) is 28.3 Å². The summed E-state index contributed by atoms with van der Waals surface area (Å²) in [5.41, 5.74) is 2.47. The molecule has 212 valence electrons. The van der Waals surface area contributed by atoms with Crippen molar-refractivity contribution in [1.29, 1.82) is 0 Å². The fourth-order valence-corrected chi connectivity index (χ4v) is 6.19. The summed E-state index contributed by atoms with van der Waals surface area (Å²) in [6.45, 7) is 2.95. The number of piperidine rings is 3. The topological polar surface area (TPSA) is 106 Å². The third kappa shape index (κ3) is 5.19. The van der Waals surface area contributed by atoms with Crippen LogP contribution in [0.4, 0.5) is 14.5 Å². The predicted octanol–water partition coefficient (Wildman–Crippen LogP) is 2.56. The normalized spacial score (nSPS) is 24.7. The van der Waals surface area contributed by atoms with Gasteiger partial charge >= 0.3 is 0 Å². The number of nitrogens with one attached hydrogen (secondary N) is 1. The largest absolute Gasteiger partial charge is 0.383 e. The van der Waals surface area contributed by atoms with Crippen LogP contribution in [0.5, 0.6) is 0 Å². The molecule has 2 N–H and O–H groups in total. The van der Waals surface area contributed by atoms with Gasteiger partial charge in [0.25, 0.3) is 11.8 Å². The number of benzene rings is 1. The Morgan fingerprint density at radius 2 is 1.65 bits per heavy atom. The number of carbonyl (C=O) groups excluding carboxylic acids is 3. The monoisotopic (exact) mass is 553 g/mol. The first kappa shape index (κ1) is 26.8. The van der Waals surface area contributed by atoms with E-state index < -0.39 is 23.5 Å². The molecule has 3 fully saturated rings. The van der Waals surface area contributed by atoms with E-state index in [4.69, 9.17) is 0 Å². The second kappa shape index (κ2) is 10.2. The Balaban J connectivity index is 1.05. The molecule has 0 radical (unpaired) electrons. The van der Waals surface area contributed by atoms with Gasteiger partial charge < -0.3 is 14.9 Å². The van der Waals surface area contributed by atoms with E-state index in [-0.39, 0.29) is 44.0 Å². The van der Waals surface area contributed by atoms with Crippen LogP contribution in [0.3, 0.4) is 0 Å². The summed E-state index contributed by atoms with van der Waals surface area (Å²) in [6.07, 6.45) is 1.23. The van der Waals surface area contributed by atoms with Crippen molar-refractivity contribution >= 4 is 23.4 Å². The van der Waals surface area contributed by atoms with Gasteiger partial charge in [-0.05, 0) is 49.1 Å². The van der Waals surface area contributed by atoms with Crippen molar-refractivity contribution in [2.24, 2.45) is 0 Å². The zero-order valence-electron chi connectivity index (χ0n) is 22.2. The van der Waals surface area contributed by atoms with Gasteiger partial charge in [0.05, 0.1) is 23.5 Å². The molecule has 3 saturated heterocycles. The molecule has 0 spiro atoms. The maximum Gasteiger partial charge on any atom is 0.256 e. The number of aliphatic hydroxyl groups is 1. The molecule has 5 heterocycles. The molecule has 2 aromatic rings. The van der Waals surface area contributed by atoms with Crippen LogP contribution < -0.4 is 10.2 Å². The van der Waals surface area contributed by atoms with Gasteiger partial charge in [0, 0.05) is 57.7 Å². The lowest BCUT2D eigenvalue weighted by Crippen LogP contribution is -2.52. The maximum absolute atomic E-state index is 13.5. The minimum absolute atomic E-state index is 0.112. The Kier molecular flexibility index (Phi) is 6.82. The summed E-state index contributed by atoms with van der Waals surface area (Å²) in [5, 5.41) is 13.8. The molecule has 6 rings (SSSR count). The van der Waals surface area contributed by atoms with Crippen LogP contribution in [0.1, 0.15) is 65.8 Å². The summed E-state index contributed by atoms with van der Waals surface area (Å²) < 4.78 is 26.9. The average Bonchev–Trinajstić information content (AvgIpc) is 3.26. The minimum atomic E-state index is -2.56. The Bertz CT molecular complexity index is 1320. The Labute approximate surface area is 231 Å². The van der Waals surface area contributed by atoms with Gasteiger partial charge in [-0.25, -0.2) is 8.78 Å². The Hall–Kier alpha value is -3.44. The molecule has 1 unspecified atom stereocenters. The zero-order chi connectivity index (χ0) is 28.1. The summed E-state index contributed by atoms with van der Waals surface area (Å²) in [6, 6.07) is 10.7. The standard InChI is InChI=1S/C29H33F2N5O4/c30-29(31)11-15-35(16-12-29)20-3-1-19(2-4-20)17-34-13-9-28(40,10-14-34)24-7-5-21-22(32-24)18-36(27(21)39)23-6-8-25(37)33-26(23)38/h1-5,7,23,40H,6,8-18H2,(H,33,37,38). The summed E-state index contributed by atoms with van der Waals surface area (Å²) in [7, 11) is 0. The maximum atomic E-state index is 13.5. The van der Waals surface area contributed by atoms with E-state index in [1.54, 1.807) is 12.1 Å². The van der Waals surface area contributed by atoms with E-state index in [0.717, 1.165) is 17.8 Å². The van der Waals surface area contributed by atoms with Gasteiger partial charge in [-0.2, -0.15) is 0 Å². The van der Waals surface area contributed by atoms with Crippen LogP contribution in [0.25, 0.3) is 0 Å². The number of fused-ring (bicyclic) bond motifs is 1. The lowest BCUT2D eigenvalue weighted by atomic mass is 9.87. The van der Waals surface area contributed by atoms with Crippen molar-refractivity contribution in [1.82, 2.24) is 20.1 Å². The predicted molar refractivity (Wildman–Crippen MR) is 142 cm³/mol. The van der Waals surface area contributed by atoms with Gasteiger partial charge in [0.15, 0.2) is 0 Å². The number of likely N-dealkylation sites (tertiary alicyclic amines) is 1. The third-order valence-electron chi connectivity index (χ3n) is 8.73. The lowest BCUT2D eigenvalue weighted by molar-refractivity contribution is -0.136. The number of amides is 3. The van der Waals surface area contributed by atoms with Gasteiger partial charge in [-0.1, -0.05) is 12.1 Å². The van der Waals surface area contributed by atoms with Gasteiger partial charge in [-0.3, -0.25) is 29.6 Å². The molecule has 0 saturated carbocycles. The molecular weight excluding hydrogens is 520 g/mol. The number of hydrogen-bond donors (Lipinski definition) is 2. The highest BCUT2D eigenvalue weighted by molar-refractivity contribution is 6.05. The number of nitrogens with zero attached hydrogens (tertiary/aromatic N) is 4. The number of imide groups is 1. The third-order valence-corrected chi connectivity index (χ3v) is 8.73. The highest BCUT2D eigenvalue weighted by atomic mass is 19.3. The second-order valence-corrected chi connectivity index (χ2v) is 11.4. The van der Waals surface area contributed by atoms with E-state index >= 15 is 0 Å². The zero-order valence-corrected chi connectivity index (χ0v) is 22.2. The SMILES string of the molecule is O=C1CCC(N2Cc3nc(C4(O)CCN(Cc5ccc(N6CCC(F)(F)CC6)cc5)CC4)ccc3C2=O)C(=O)N1. The summed E-state index contributed by atoms with van der Waals surface area (Å²) >= 11 is 0. The van der Waals surface area contributed by atoms with Crippen molar-refractivity contribution in [3.05, 3.63) is 58.9 Å². The smallest absolute Gasteiger partial charge is 0.256 e. The molecule has 1 aromatic heterocycles. The molecule has 9 nitrogen and oxygen atoms in total. The second-order valence-electron chi connectivity index (χ2n) is 11.4. The number of rotatable bonds is 5. The van der Waals surface area contributed by atoms with Gasteiger partial charge in [0.1, 0.15) is 11.6 Å². The average molecular weight is 554 g/mol. The number of carbonyl (C=O) groups is 3. The van der Waals surface area contributed by atoms with E-state index in [2.05, 4.69) is 15.2 Å². The molecule has 3 amide bonds. The van der Waals surface area contributed by atoms with E-state index in [0.29, 0.717) is 56.0 Å². The Morgan fingerprint density at radius 3 is 2.33 bits per heavy atom. The highest BCUT2D eigenvalue weighted by Gasteiger charge is 2.42. The molecule has 11 heteroatoms. The van der Waals surface area contributed by atoms with Gasteiger partial charge in [-0.15, -0.1) is 0 Å². The number of hydrogen-bond acceptors (Lipinski definition) is 7. The molecule has 4 aliphatic heterocycles. The van der Waals surface area contributed by atoms with Crippen molar-refractivity contribution in [2.45, 2.75) is 69.2 Å². The first-order chi connectivity index (χ1) is 19.1. The fourth-order valence-electron chi connectivity index (χ4n) is 6.19. The van der Waals surface area contributed by atoms with E-state index in [1.165, 1.54) is 4.90 Å². The number of alkyl halides is 2. The lowest BCUT2D eigenvalue weighted by Gasteiger charge is -2.38. The molecular formula is C29H33F2N5O4. The number of anilines is 1. The van der Waals surface area contributed by atoms with Crippen molar-refractivity contribution < 1.29 is 28.3 Å². The van der Waals surface area contributed by atoms with Gasteiger partial charge in [0.2, 0.25) is 11.8 Å². The molecule has 0 aliphatic carbocycles. The minimum Gasteiger partial charge on any atom is -0.383 e. The molecule has 1 atom stereocenters. The van der Waals surface area contributed by atoms with Crippen molar-refractivity contribution in [3.8, 4) is 0 Å². The van der Waals surface area contributed by atoms with Crippen LogP contribution in [0, 0.1) is 0 Å². The molecule has 40 heavy (non-hydrogen) atoms.